The first-order chi connectivity index (χ1) is 16.5. The highest BCUT2D eigenvalue weighted by Crippen LogP contribution is 2.33. The lowest BCUT2D eigenvalue weighted by Gasteiger charge is -2.21. The van der Waals surface area contributed by atoms with E-state index >= 15 is 0 Å². The summed E-state index contributed by atoms with van der Waals surface area (Å²) in [5, 5.41) is 14.2. The van der Waals surface area contributed by atoms with E-state index in [1.807, 2.05) is 36.4 Å². The lowest BCUT2D eigenvalue weighted by atomic mass is 10.0. The van der Waals surface area contributed by atoms with Gasteiger partial charge in [0.25, 0.3) is 11.6 Å². The van der Waals surface area contributed by atoms with E-state index in [9.17, 15) is 19.7 Å². The number of carbonyl (C=O) groups excluding carboxylic acids is 2. The van der Waals surface area contributed by atoms with Crippen LogP contribution in [0.25, 0.3) is 0 Å². The SMILES string of the molecule is O=C(CC(NC(=O)c1ccccc1)c1ccccc1)OCc1cc([N+](=O)[O-])cc2c1OCOC2. The molecule has 34 heavy (non-hydrogen) atoms. The van der Waals surface area contributed by atoms with Crippen molar-refractivity contribution in [3.63, 3.8) is 0 Å². The molecule has 0 aliphatic carbocycles. The predicted molar refractivity (Wildman–Crippen MR) is 121 cm³/mol. The van der Waals surface area contributed by atoms with Gasteiger partial charge in [-0.1, -0.05) is 48.5 Å². The number of fused-ring (bicyclic) bond motifs is 1. The highest BCUT2D eigenvalue weighted by molar-refractivity contribution is 5.94. The van der Waals surface area contributed by atoms with Crippen molar-refractivity contribution in [3.05, 3.63) is 105 Å². The maximum Gasteiger partial charge on any atom is 0.308 e. The number of rotatable bonds is 8. The molecule has 1 aliphatic rings. The molecule has 1 unspecified atom stereocenters. The van der Waals surface area contributed by atoms with E-state index in [4.69, 9.17) is 14.2 Å². The van der Waals surface area contributed by atoms with Crippen molar-refractivity contribution >= 4 is 17.6 Å². The lowest BCUT2D eigenvalue weighted by molar-refractivity contribution is -0.385. The van der Waals surface area contributed by atoms with Gasteiger partial charge in [-0.2, -0.15) is 0 Å². The maximum atomic E-state index is 12.7. The Morgan fingerprint density at radius 1 is 1.06 bits per heavy atom. The summed E-state index contributed by atoms with van der Waals surface area (Å²) in [6.45, 7) is -0.0378. The van der Waals surface area contributed by atoms with Gasteiger partial charge in [-0.3, -0.25) is 19.7 Å². The Morgan fingerprint density at radius 3 is 2.47 bits per heavy atom. The summed E-state index contributed by atoms with van der Waals surface area (Å²) >= 11 is 0. The van der Waals surface area contributed by atoms with Crippen LogP contribution in [0.1, 0.15) is 39.5 Å². The second-order valence-electron chi connectivity index (χ2n) is 7.63. The summed E-state index contributed by atoms with van der Waals surface area (Å²) < 4.78 is 16.1. The van der Waals surface area contributed by atoms with Crippen LogP contribution in [0.3, 0.4) is 0 Å². The normalized spacial score (nSPS) is 13.2. The zero-order valence-electron chi connectivity index (χ0n) is 18.1. The van der Waals surface area contributed by atoms with E-state index < -0.39 is 16.9 Å². The van der Waals surface area contributed by atoms with Gasteiger partial charge in [-0.05, 0) is 17.7 Å². The molecule has 3 aromatic rings. The third-order valence-corrected chi connectivity index (χ3v) is 5.29. The van der Waals surface area contributed by atoms with E-state index in [1.54, 1.807) is 24.3 Å². The number of benzene rings is 3. The molecule has 9 heteroatoms. The van der Waals surface area contributed by atoms with Crippen molar-refractivity contribution in [3.8, 4) is 5.75 Å². The number of non-ortho nitro benzene ring substituents is 1. The van der Waals surface area contributed by atoms with Gasteiger partial charge in [0.1, 0.15) is 12.4 Å². The summed E-state index contributed by atoms with van der Waals surface area (Å²) in [7, 11) is 0. The number of ether oxygens (including phenoxy) is 3. The fourth-order valence-electron chi connectivity index (χ4n) is 3.65. The Labute approximate surface area is 195 Å². The third-order valence-electron chi connectivity index (χ3n) is 5.29. The minimum absolute atomic E-state index is 0.00730. The van der Waals surface area contributed by atoms with Crippen LogP contribution in [-0.2, 0) is 27.5 Å². The fraction of sp³-hybridized carbons (Fsp3) is 0.200. The van der Waals surface area contributed by atoms with Crippen molar-refractivity contribution in [1.82, 2.24) is 5.32 Å². The molecular weight excluding hydrogens is 440 g/mol. The largest absolute Gasteiger partial charge is 0.467 e. The second kappa shape index (κ2) is 10.6. The number of nitro groups is 1. The molecule has 0 bridgehead atoms. The maximum absolute atomic E-state index is 12.7. The van der Waals surface area contributed by atoms with E-state index in [0.717, 1.165) is 5.56 Å². The Hall–Kier alpha value is -4.24. The van der Waals surface area contributed by atoms with E-state index in [-0.39, 0.29) is 38.0 Å². The summed E-state index contributed by atoms with van der Waals surface area (Å²) in [5.74, 6) is -0.473. The highest BCUT2D eigenvalue weighted by atomic mass is 16.7. The summed E-state index contributed by atoms with van der Waals surface area (Å²) in [6, 6.07) is 19.9. The van der Waals surface area contributed by atoms with Crippen LogP contribution in [0.4, 0.5) is 5.69 Å². The van der Waals surface area contributed by atoms with Crippen LogP contribution in [0.5, 0.6) is 5.75 Å². The van der Waals surface area contributed by atoms with E-state index in [0.29, 0.717) is 22.4 Å². The Morgan fingerprint density at radius 2 is 1.76 bits per heavy atom. The van der Waals surface area contributed by atoms with Crippen LogP contribution in [0.2, 0.25) is 0 Å². The predicted octanol–water partition coefficient (Wildman–Crippen LogP) is 4.07. The monoisotopic (exact) mass is 462 g/mol. The third kappa shape index (κ3) is 5.57. The number of nitro benzene ring substituents is 1. The van der Waals surface area contributed by atoms with Gasteiger partial charge >= 0.3 is 5.97 Å². The number of carbonyl (C=O) groups is 2. The van der Waals surface area contributed by atoms with Gasteiger partial charge in [0.05, 0.1) is 24.0 Å². The quantitative estimate of drug-likeness (QED) is 0.305. The first kappa shape index (κ1) is 22.9. The average Bonchev–Trinajstić information content (AvgIpc) is 2.87. The number of nitrogens with one attached hydrogen (secondary N) is 1. The summed E-state index contributed by atoms with van der Waals surface area (Å²) in [5.41, 5.74) is 1.97. The smallest absolute Gasteiger partial charge is 0.308 e. The van der Waals surface area contributed by atoms with Crippen molar-refractivity contribution in [2.75, 3.05) is 6.79 Å². The minimum Gasteiger partial charge on any atom is -0.467 e. The summed E-state index contributed by atoms with van der Waals surface area (Å²) in [6.07, 6.45) is -0.121. The number of hydrogen-bond donors (Lipinski definition) is 1. The van der Waals surface area contributed by atoms with Gasteiger partial charge in [0, 0.05) is 28.8 Å². The van der Waals surface area contributed by atoms with Crippen molar-refractivity contribution in [2.24, 2.45) is 0 Å². The minimum atomic E-state index is -0.620. The molecule has 174 valence electrons. The molecule has 3 aromatic carbocycles. The molecule has 0 spiro atoms. The number of hydrogen-bond acceptors (Lipinski definition) is 7. The van der Waals surface area contributed by atoms with Crippen molar-refractivity contribution in [1.29, 1.82) is 0 Å². The molecular formula is C25H22N2O7. The summed E-state index contributed by atoms with van der Waals surface area (Å²) in [4.78, 5) is 36.2. The van der Waals surface area contributed by atoms with Crippen LogP contribution in [-0.4, -0.2) is 23.6 Å². The first-order valence-corrected chi connectivity index (χ1v) is 10.6. The van der Waals surface area contributed by atoms with E-state index in [2.05, 4.69) is 5.32 Å². The molecule has 1 atom stereocenters. The molecule has 1 N–H and O–H groups in total. The molecule has 0 saturated heterocycles. The fourth-order valence-corrected chi connectivity index (χ4v) is 3.65. The van der Waals surface area contributed by atoms with Gasteiger partial charge in [0.15, 0.2) is 6.79 Å². The molecule has 0 aromatic heterocycles. The standard InChI is InChI=1S/C25H22N2O7/c28-23(33-15-20-12-21(27(30)31)11-19-14-32-16-34-24(19)20)13-22(17-7-3-1-4-8-17)26-25(29)18-9-5-2-6-10-18/h1-12,22H,13-16H2,(H,26,29). The van der Waals surface area contributed by atoms with Gasteiger partial charge < -0.3 is 19.5 Å². The zero-order chi connectivity index (χ0) is 23.9. The Bertz CT molecular complexity index is 1180. The van der Waals surface area contributed by atoms with E-state index in [1.165, 1.54) is 12.1 Å². The molecule has 0 saturated carbocycles. The lowest BCUT2D eigenvalue weighted by Crippen LogP contribution is -2.30. The van der Waals surface area contributed by atoms with Gasteiger partial charge in [0.2, 0.25) is 0 Å². The molecule has 4 rings (SSSR count). The number of nitrogens with zero attached hydrogens (tertiary/aromatic N) is 1. The van der Waals surface area contributed by atoms with Crippen LogP contribution in [0.15, 0.2) is 72.8 Å². The van der Waals surface area contributed by atoms with Crippen LogP contribution >= 0.6 is 0 Å². The first-order valence-electron chi connectivity index (χ1n) is 10.6. The molecule has 0 radical (unpaired) electrons. The zero-order valence-corrected chi connectivity index (χ0v) is 18.1. The number of amides is 1. The average molecular weight is 462 g/mol. The molecule has 0 fully saturated rings. The Balaban J connectivity index is 1.48. The highest BCUT2D eigenvalue weighted by Gasteiger charge is 2.24. The molecule has 1 aliphatic heterocycles. The van der Waals surface area contributed by atoms with Gasteiger partial charge in [-0.25, -0.2) is 0 Å². The molecule has 9 nitrogen and oxygen atoms in total. The van der Waals surface area contributed by atoms with Crippen molar-refractivity contribution < 1.29 is 28.7 Å². The van der Waals surface area contributed by atoms with Crippen LogP contribution < -0.4 is 10.1 Å². The second-order valence-corrected chi connectivity index (χ2v) is 7.63. The molecule has 1 amide bonds. The topological polar surface area (TPSA) is 117 Å². The Kier molecular flexibility index (Phi) is 7.14. The molecule has 1 heterocycles. The van der Waals surface area contributed by atoms with Crippen LogP contribution in [0, 0.1) is 10.1 Å². The van der Waals surface area contributed by atoms with Gasteiger partial charge in [-0.15, -0.1) is 0 Å². The van der Waals surface area contributed by atoms with Crippen molar-refractivity contribution in [2.45, 2.75) is 25.7 Å². The number of esters is 1.